The predicted molar refractivity (Wildman–Crippen MR) is 139 cm³/mol. The molecule has 3 rings (SSSR count). The maximum absolute atomic E-state index is 13.2. The van der Waals surface area contributed by atoms with Crippen molar-refractivity contribution >= 4 is 23.3 Å². The molecule has 35 heavy (non-hydrogen) atoms. The van der Waals surface area contributed by atoms with E-state index in [1.165, 1.54) is 19.0 Å². The summed E-state index contributed by atoms with van der Waals surface area (Å²) in [7, 11) is 0. The average Bonchev–Trinajstić information content (AvgIpc) is 2.85. The summed E-state index contributed by atoms with van der Waals surface area (Å²) in [6.45, 7) is 14.2. The summed E-state index contributed by atoms with van der Waals surface area (Å²) in [4.78, 5) is 26.3. The first-order valence-corrected chi connectivity index (χ1v) is 12.8. The maximum Gasteiger partial charge on any atom is 0.269 e. The molecule has 1 aliphatic rings. The second-order valence-electron chi connectivity index (χ2n) is 9.35. The summed E-state index contributed by atoms with van der Waals surface area (Å²) >= 11 is 6.31. The van der Waals surface area contributed by atoms with Gasteiger partial charge in [-0.2, -0.15) is 10.2 Å². The summed E-state index contributed by atoms with van der Waals surface area (Å²) in [5.41, 5.74) is 4.61. The quantitative estimate of drug-likeness (QED) is 0.494. The summed E-state index contributed by atoms with van der Waals surface area (Å²) in [5, 5.41) is 11.0. The molecule has 8 nitrogen and oxygen atoms in total. The van der Waals surface area contributed by atoms with E-state index in [0.717, 1.165) is 38.3 Å². The van der Waals surface area contributed by atoms with Crippen LogP contribution in [0.4, 0.5) is 5.82 Å². The first-order chi connectivity index (χ1) is 16.8. The fourth-order valence-corrected chi connectivity index (χ4v) is 4.78. The van der Waals surface area contributed by atoms with Gasteiger partial charge in [-0.15, -0.1) is 0 Å². The second kappa shape index (κ2) is 12.8. The van der Waals surface area contributed by atoms with Crippen LogP contribution in [0.15, 0.2) is 30.5 Å². The van der Waals surface area contributed by atoms with E-state index in [1.54, 1.807) is 11.1 Å². The molecule has 188 valence electrons. The molecule has 1 amide bonds. The molecule has 2 aromatic rings. The number of nitrogens with one attached hydrogen (secondary N) is 1. The van der Waals surface area contributed by atoms with Gasteiger partial charge in [-0.1, -0.05) is 51.4 Å². The minimum atomic E-state index is -0.249. The van der Waals surface area contributed by atoms with Crippen molar-refractivity contribution in [3.05, 3.63) is 52.4 Å². The fourth-order valence-electron chi connectivity index (χ4n) is 4.59. The highest BCUT2D eigenvalue weighted by molar-refractivity contribution is 6.32. The SMILES string of the molecule is CCN(CC)C1CCN(Cc2cccc(C(=O)NN(CC(C)C)c3nc(C#N)ncc3Cl)c2)CC1. The van der Waals surface area contributed by atoms with Gasteiger partial charge in [-0.05, 0) is 62.6 Å². The lowest BCUT2D eigenvalue weighted by molar-refractivity contribution is 0.0947. The van der Waals surface area contributed by atoms with Crippen LogP contribution in [0.5, 0.6) is 0 Å². The molecule has 0 saturated carbocycles. The molecule has 1 saturated heterocycles. The van der Waals surface area contributed by atoms with E-state index in [0.29, 0.717) is 24.0 Å². The Morgan fingerprint density at radius 3 is 2.63 bits per heavy atom. The van der Waals surface area contributed by atoms with Crippen molar-refractivity contribution in [2.45, 2.75) is 53.1 Å². The largest absolute Gasteiger partial charge is 0.301 e. The molecule has 1 aromatic carbocycles. The van der Waals surface area contributed by atoms with E-state index in [-0.39, 0.29) is 22.7 Å². The Balaban J connectivity index is 1.68. The molecule has 0 unspecified atom stereocenters. The van der Waals surface area contributed by atoms with Crippen LogP contribution in [0.3, 0.4) is 0 Å². The van der Waals surface area contributed by atoms with Gasteiger partial charge in [0.1, 0.15) is 11.1 Å². The number of amides is 1. The lowest BCUT2D eigenvalue weighted by atomic mass is 10.0. The maximum atomic E-state index is 13.2. The second-order valence-corrected chi connectivity index (χ2v) is 9.76. The van der Waals surface area contributed by atoms with E-state index in [4.69, 9.17) is 11.6 Å². The normalized spacial score (nSPS) is 14.8. The highest BCUT2D eigenvalue weighted by Gasteiger charge is 2.23. The van der Waals surface area contributed by atoms with Gasteiger partial charge in [-0.25, -0.2) is 4.98 Å². The molecule has 1 aliphatic heterocycles. The van der Waals surface area contributed by atoms with Crippen LogP contribution in [0.1, 0.15) is 62.3 Å². The summed E-state index contributed by atoms with van der Waals surface area (Å²) in [6.07, 6.45) is 3.73. The third kappa shape index (κ3) is 7.38. The van der Waals surface area contributed by atoms with Crippen molar-refractivity contribution in [2.24, 2.45) is 5.92 Å². The predicted octanol–water partition coefficient (Wildman–Crippen LogP) is 4.12. The lowest BCUT2D eigenvalue weighted by Gasteiger charge is -2.37. The molecule has 1 N–H and O–H groups in total. The summed E-state index contributed by atoms with van der Waals surface area (Å²) < 4.78 is 0. The molecule has 9 heteroatoms. The Hall–Kier alpha value is -2.73. The number of nitrogens with zero attached hydrogens (tertiary/aromatic N) is 6. The summed E-state index contributed by atoms with van der Waals surface area (Å²) in [5.74, 6) is 0.282. The first-order valence-electron chi connectivity index (χ1n) is 12.4. The lowest BCUT2D eigenvalue weighted by Crippen LogP contribution is -2.45. The van der Waals surface area contributed by atoms with Gasteiger partial charge in [0.2, 0.25) is 5.82 Å². The van der Waals surface area contributed by atoms with Gasteiger partial charge in [-0.3, -0.25) is 20.1 Å². The zero-order valence-electron chi connectivity index (χ0n) is 21.2. The van der Waals surface area contributed by atoms with Crippen molar-refractivity contribution in [1.29, 1.82) is 5.26 Å². The van der Waals surface area contributed by atoms with Gasteiger partial charge >= 0.3 is 0 Å². The smallest absolute Gasteiger partial charge is 0.269 e. The average molecular weight is 498 g/mol. The van der Waals surface area contributed by atoms with Crippen molar-refractivity contribution < 1.29 is 4.79 Å². The Morgan fingerprint density at radius 2 is 2.00 bits per heavy atom. The van der Waals surface area contributed by atoms with Crippen LogP contribution >= 0.6 is 11.6 Å². The Labute approximate surface area is 213 Å². The Morgan fingerprint density at radius 1 is 1.29 bits per heavy atom. The number of rotatable bonds is 10. The Bertz CT molecular complexity index is 1030. The molecule has 0 spiro atoms. The van der Waals surface area contributed by atoms with Crippen molar-refractivity contribution in [3.8, 4) is 6.07 Å². The minimum absolute atomic E-state index is 0.000771. The van der Waals surface area contributed by atoms with Gasteiger partial charge in [0.25, 0.3) is 5.91 Å². The van der Waals surface area contributed by atoms with Crippen molar-refractivity contribution in [2.75, 3.05) is 37.7 Å². The third-order valence-corrected chi connectivity index (χ3v) is 6.61. The zero-order chi connectivity index (χ0) is 25.4. The molecular formula is C26H36ClN7O. The standard InChI is InChI=1S/C26H36ClN7O/c1-5-33(6-2)22-10-12-32(13-11-22)18-20-8-7-9-21(14-20)26(35)31-34(17-19(3)4)25-23(27)16-29-24(15-28)30-25/h7-9,14,16,19,22H,5-6,10-13,17-18H2,1-4H3,(H,31,35). The number of halogens is 1. The number of aromatic nitrogens is 2. The van der Waals surface area contributed by atoms with Crippen LogP contribution < -0.4 is 10.4 Å². The number of piperidine rings is 1. The summed E-state index contributed by atoms with van der Waals surface area (Å²) in [6, 6.07) is 10.3. The van der Waals surface area contributed by atoms with Crippen molar-refractivity contribution in [1.82, 2.24) is 25.2 Å². The highest BCUT2D eigenvalue weighted by Crippen LogP contribution is 2.23. The van der Waals surface area contributed by atoms with Crippen LogP contribution in [-0.2, 0) is 6.54 Å². The molecule has 1 fully saturated rings. The number of nitriles is 1. The molecule has 0 aliphatic carbocycles. The molecule has 1 aromatic heterocycles. The number of hydrogen-bond donors (Lipinski definition) is 1. The number of hydrazine groups is 1. The zero-order valence-corrected chi connectivity index (χ0v) is 21.9. The molecule has 2 heterocycles. The number of carbonyl (C=O) groups is 1. The number of benzene rings is 1. The van der Waals surface area contributed by atoms with Gasteiger partial charge in [0, 0.05) is 24.7 Å². The molecule has 0 bridgehead atoms. The van der Waals surface area contributed by atoms with Gasteiger partial charge in [0.05, 0.1) is 6.20 Å². The van der Waals surface area contributed by atoms with E-state index in [9.17, 15) is 10.1 Å². The first kappa shape index (κ1) is 26.9. The van der Waals surface area contributed by atoms with E-state index >= 15 is 0 Å². The van der Waals surface area contributed by atoms with E-state index in [1.807, 2.05) is 32.0 Å². The third-order valence-electron chi connectivity index (χ3n) is 6.35. The van der Waals surface area contributed by atoms with E-state index in [2.05, 4.69) is 45.1 Å². The monoisotopic (exact) mass is 497 g/mol. The minimum Gasteiger partial charge on any atom is -0.301 e. The number of carbonyl (C=O) groups excluding carboxylic acids is 1. The van der Waals surface area contributed by atoms with Gasteiger partial charge < -0.3 is 4.90 Å². The fraction of sp³-hybridized carbons (Fsp3) is 0.538. The molecular weight excluding hydrogens is 462 g/mol. The van der Waals surface area contributed by atoms with Crippen LogP contribution in [0.25, 0.3) is 0 Å². The van der Waals surface area contributed by atoms with Crippen LogP contribution in [-0.4, -0.2) is 64.4 Å². The topological polar surface area (TPSA) is 88.4 Å². The number of hydrogen-bond acceptors (Lipinski definition) is 7. The Kier molecular flexibility index (Phi) is 9.84. The van der Waals surface area contributed by atoms with Crippen LogP contribution in [0, 0.1) is 17.2 Å². The highest BCUT2D eigenvalue weighted by atomic mass is 35.5. The van der Waals surface area contributed by atoms with Crippen LogP contribution in [0.2, 0.25) is 5.02 Å². The van der Waals surface area contributed by atoms with Crippen molar-refractivity contribution in [3.63, 3.8) is 0 Å². The van der Waals surface area contributed by atoms with E-state index < -0.39 is 0 Å². The number of anilines is 1. The molecule has 0 atom stereocenters. The molecule has 0 radical (unpaired) electrons. The number of likely N-dealkylation sites (tertiary alicyclic amines) is 1. The van der Waals surface area contributed by atoms with Gasteiger partial charge in [0.15, 0.2) is 5.82 Å².